The highest BCUT2D eigenvalue weighted by molar-refractivity contribution is 6.21. The van der Waals surface area contributed by atoms with E-state index in [1.807, 2.05) is 24.3 Å². The third-order valence-corrected chi connectivity index (χ3v) is 6.60. The molecule has 4 amide bonds. The highest BCUT2D eigenvalue weighted by atomic mass is 16.5. The molecule has 2 aromatic heterocycles. The van der Waals surface area contributed by atoms with Gasteiger partial charge in [-0.3, -0.25) is 34.4 Å². The number of hydrogen-bond acceptors (Lipinski definition) is 9. The van der Waals surface area contributed by atoms with Gasteiger partial charge in [-0.1, -0.05) is 23.4 Å². The molecule has 0 radical (unpaired) electrons. The van der Waals surface area contributed by atoms with E-state index in [0.717, 1.165) is 21.2 Å². The number of imide groups is 2. The Morgan fingerprint density at radius 3 is 2.83 bits per heavy atom. The fourth-order valence-electron chi connectivity index (χ4n) is 4.96. The van der Waals surface area contributed by atoms with E-state index in [-0.39, 0.29) is 25.1 Å². The standard InChI is InChI=1S/C24H20N6O5/c31-18-7-6-17(22(32)26-18)30-23(33)15-5-2-10-29(20(15)24(30)34)12-19-27-21(28-35-19)14-4-1-3-13-8-9-25-11-16(13)14/h1,3-4,8-9,11,17H,2,5-7,10,12H2,(H,26,31,32). The number of pyridine rings is 1. The Hall–Kier alpha value is -4.41. The number of piperidine rings is 1. The van der Waals surface area contributed by atoms with Crippen LogP contribution in [0.5, 0.6) is 0 Å². The smallest absolute Gasteiger partial charge is 0.278 e. The van der Waals surface area contributed by atoms with Crippen molar-refractivity contribution in [1.82, 2.24) is 30.2 Å². The quantitative estimate of drug-likeness (QED) is 0.557. The van der Waals surface area contributed by atoms with Crippen LogP contribution in [0, 0.1) is 0 Å². The van der Waals surface area contributed by atoms with Gasteiger partial charge >= 0.3 is 0 Å². The lowest BCUT2D eigenvalue weighted by Gasteiger charge is -2.29. The number of rotatable bonds is 4. The van der Waals surface area contributed by atoms with Crippen LogP contribution in [0.25, 0.3) is 22.2 Å². The number of amides is 4. The van der Waals surface area contributed by atoms with E-state index in [1.54, 1.807) is 17.3 Å². The Morgan fingerprint density at radius 2 is 1.97 bits per heavy atom. The molecule has 0 bridgehead atoms. The lowest BCUT2D eigenvalue weighted by molar-refractivity contribution is -0.150. The summed E-state index contributed by atoms with van der Waals surface area (Å²) in [4.78, 5) is 61.7. The first kappa shape index (κ1) is 21.1. The molecule has 5 heterocycles. The van der Waals surface area contributed by atoms with Gasteiger partial charge in [0.2, 0.25) is 23.5 Å². The molecule has 1 aromatic carbocycles. The van der Waals surface area contributed by atoms with Crippen molar-refractivity contribution in [2.24, 2.45) is 0 Å². The first-order chi connectivity index (χ1) is 17.0. The molecule has 0 aliphatic carbocycles. The van der Waals surface area contributed by atoms with Crippen molar-refractivity contribution >= 4 is 34.4 Å². The van der Waals surface area contributed by atoms with Gasteiger partial charge in [-0.2, -0.15) is 4.98 Å². The van der Waals surface area contributed by atoms with Crippen molar-refractivity contribution in [3.63, 3.8) is 0 Å². The minimum Gasteiger partial charge on any atom is -0.357 e. The molecule has 1 fully saturated rings. The van der Waals surface area contributed by atoms with Crippen LogP contribution in [0.4, 0.5) is 0 Å². The van der Waals surface area contributed by atoms with Gasteiger partial charge in [-0.15, -0.1) is 0 Å². The third kappa shape index (κ3) is 3.47. The lowest BCUT2D eigenvalue weighted by Crippen LogP contribution is -2.55. The number of fused-ring (bicyclic) bond motifs is 1. The van der Waals surface area contributed by atoms with Crippen LogP contribution in [0.15, 0.2) is 52.5 Å². The maximum Gasteiger partial charge on any atom is 0.278 e. The summed E-state index contributed by atoms with van der Waals surface area (Å²) in [6.07, 6.45) is 4.77. The number of hydrogen-bond donors (Lipinski definition) is 1. The molecule has 0 spiro atoms. The number of nitrogens with one attached hydrogen (secondary N) is 1. The summed E-state index contributed by atoms with van der Waals surface area (Å²) in [6.45, 7) is 0.675. The van der Waals surface area contributed by atoms with Gasteiger partial charge in [0.15, 0.2) is 0 Å². The second kappa shape index (κ2) is 8.12. The molecule has 11 heteroatoms. The van der Waals surface area contributed by atoms with Gasteiger partial charge in [-0.05, 0) is 30.7 Å². The molecule has 3 aliphatic rings. The predicted octanol–water partition coefficient (Wildman–Crippen LogP) is 1.31. The van der Waals surface area contributed by atoms with Crippen molar-refractivity contribution < 1.29 is 23.7 Å². The van der Waals surface area contributed by atoms with Gasteiger partial charge in [0.25, 0.3) is 11.8 Å². The summed E-state index contributed by atoms with van der Waals surface area (Å²) in [5, 5.41) is 8.23. The number of aromatic nitrogens is 3. The molecule has 3 aromatic rings. The zero-order valence-electron chi connectivity index (χ0n) is 18.6. The lowest BCUT2D eigenvalue weighted by atomic mass is 10.0. The molecule has 35 heavy (non-hydrogen) atoms. The van der Waals surface area contributed by atoms with Gasteiger partial charge in [0.05, 0.1) is 6.54 Å². The molecular weight excluding hydrogens is 452 g/mol. The van der Waals surface area contributed by atoms with Crippen molar-refractivity contribution in [1.29, 1.82) is 0 Å². The maximum atomic E-state index is 13.3. The molecule has 1 atom stereocenters. The van der Waals surface area contributed by atoms with Crippen LogP contribution in [0.1, 0.15) is 31.6 Å². The Kier molecular flexibility index (Phi) is 4.90. The van der Waals surface area contributed by atoms with Crippen molar-refractivity contribution in [2.45, 2.75) is 38.3 Å². The van der Waals surface area contributed by atoms with E-state index in [9.17, 15) is 19.2 Å². The van der Waals surface area contributed by atoms with E-state index < -0.39 is 29.7 Å². The van der Waals surface area contributed by atoms with E-state index in [2.05, 4.69) is 20.4 Å². The normalized spacial score (nSPS) is 20.6. The van der Waals surface area contributed by atoms with Crippen LogP contribution in [0.2, 0.25) is 0 Å². The van der Waals surface area contributed by atoms with Crippen LogP contribution in [-0.4, -0.2) is 61.1 Å². The zero-order chi connectivity index (χ0) is 24.1. The number of carbonyl (C=O) groups is 4. The zero-order valence-corrected chi connectivity index (χ0v) is 18.6. The molecule has 3 aliphatic heterocycles. The van der Waals surface area contributed by atoms with Crippen molar-refractivity contribution in [2.75, 3.05) is 6.54 Å². The van der Waals surface area contributed by atoms with Crippen LogP contribution < -0.4 is 5.32 Å². The first-order valence-electron chi connectivity index (χ1n) is 11.4. The number of carbonyl (C=O) groups excluding carboxylic acids is 4. The molecule has 1 saturated heterocycles. The fraction of sp³-hybridized carbons (Fsp3) is 0.292. The number of benzene rings is 1. The summed E-state index contributed by atoms with van der Waals surface area (Å²) in [6, 6.07) is 6.67. The second-order valence-corrected chi connectivity index (χ2v) is 8.71. The molecule has 1 N–H and O–H groups in total. The second-order valence-electron chi connectivity index (χ2n) is 8.71. The van der Waals surface area contributed by atoms with Gasteiger partial charge in [0, 0.05) is 41.9 Å². The Bertz CT molecular complexity index is 1440. The maximum absolute atomic E-state index is 13.3. The monoisotopic (exact) mass is 472 g/mol. The third-order valence-electron chi connectivity index (χ3n) is 6.60. The van der Waals surface area contributed by atoms with E-state index in [4.69, 9.17) is 4.52 Å². The Labute approximate surface area is 198 Å². The van der Waals surface area contributed by atoms with E-state index in [1.165, 1.54) is 0 Å². The molecule has 1 unspecified atom stereocenters. The minimum atomic E-state index is -0.991. The van der Waals surface area contributed by atoms with Crippen LogP contribution >= 0.6 is 0 Å². The highest BCUT2D eigenvalue weighted by Crippen LogP contribution is 2.35. The molecule has 176 valence electrons. The molecule has 11 nitrogen and oxygen atoms in total. The first-order valence-corrected chi connectivity index (χ1v) is 11.4. The minimum absolute atomic E-state index is 0.0797. The summed E-state index contributed by atoms with van der Waals surface area (Å²) in [5.41, 5.74) is 1.42. The topological polar surface area (TPSA) is 139 Å². The Balaban J connectivity index is 1.26. The summed E-state index contributed by atoms with van der Waals surface area (Å²) in [5.74, 6) is -1.32. The summed E-state index contributed by atoms with van der Waals surface area (Å²) < 4.78 is 5.50. The largest absolute Gasteiger partial charge is 0.357 e. The molecular formula is C24H20N6O5. The van der Waals surface area contributed by atoms with Gasteiger partial charge in [0.1, 0.15) is 11.7 Å². The van der Waals surface area contributed by atoms with E-state index in [0.29, 0.717) is 36.7 Å². The summed E-state index contributed by atoms with van der Waals surface area (Å²) >= 11 is 0. The molecule has 6 rings (SSSR count). The average molecular weight is 472 g/mol. The van der Waals surface area contributed by atoms with Crippen LogP contribution in [0.3, 0.4) is 0 Å². The van der Waals surface area contributed by atoms with Crippen molar-refractivity contribution in [3.8, 4) is 11.4 Å². The highest BCUT2D eigenvalue weighted by Gasteiger charge is 2.48. The van der Waals surface area contributed by atoms with Crippen molar-refractivity contribution in [3.05, 3.63) is 53.8 Å². The predicted molar refractivity (Wildman–Crippen MR) is 120 cm³/mol. The van der Waals surface area contributed by atoms with Gasteiger partial charge < -0.3 is 9.42 Å². The average Bonchev–Trinajstić information content (AvgIpc) is 3.42. The van der Waals surface area contributed by atoms with E-state index >= 15 is 0 Å². The summed E-state index contributed by atoms with van der Waals surface area (Å²) in [7, 11) is 0. The number of nitrogens with zero attached hydrogens (tertiary/aromatic N) is 5. The molecule has 0 saturated carbocycles. The Morgan fingerprint density at radius 1 is 1.09 bits per heavy atom. The SMILES string of the molecule is O=C1CCC(N2C(=O)C3=C(C2=O)N(Cc2nc(-c4cccc5ccncc45)no2)CCC3)C(=O)N1. The fourth-order valence-corrected chi connectivity index (χ4v) is 4.96. The van der Waals surface area contributed by atoms with Gasteiger partial charge in [-0.25, -0.2) is 0 Å². The van der Waals surface area contributed by atoms with Crippen LogP contribution in [-0.2, 0) is 25.7 Å².